The molecule has 0 aromatic heterocycles. The molecular weight excluding hydrogens is 190 g/mol. The zero-order valence-electron chi connectivity index (χ0n) is 8.86. The van der Waals surface area contributed by atoms with Crippen molar-refractivity contribution in [3.63, 3.8) is 0 Å². The number of hydrogen-bond acceptors (Lipinski definition) is 2. The maximum atomic E-state index is 10.5. The molecule has 0 unspecified atom stereocenters. The van der Waals surface area contributed by atoms with Crippen molar-refractivity contribution < 1.29 is 9.90 Å². The van der Waals surface area contributed by atoms with Crippen molar-refractivity contribution in [1.29, 1.82) is 0 Å². The van der Waals surface area contributed by atoms with E-state index < -0.39 is 5.97 Å². The fourth-order valence-corrected chi connectivity index (χ4v) is 2.01. The molecule has 0 saturated carbocycles. The third kappa shape index (κ3) is 2.36. The predicted octanol–water partition coefficient (Wildman–Crippen LogP) is 1.79. The van der Waals surface area contributed by atoms with E-state index in [1.54, 1.807) is 0 Å². The molecule has 1 aromatic carbocycles. The molecule has 0 atom stereocenters. The summed E-state index contributed by atoms with van der Waals surface area (Å²) in [5.41, 5.74) is 3.96. The highest BCUT2D eigenvalue weighted by atomic mass is 16.4. The van der Waals surface area contributed by atoms with Gasteiger partial charge in [-0.3, -0.25) is 9.69 Å². The lowest BCUT2D eigenvalue weighted by Crippen LogP contribution is -2.20. The molecule has 2 rings (SSSR count). The minimum Gasteiger partial charge on any atom is -0.481 e. The standard InChI is InChI=1S/C12H15NO2/c1-9-2-3-10-7-13(5-4-12(14)15)8-11(10)6-9/h2-3,6H,4-5,7-8H2,1H3,(H,14,15). The lowest BCUT2D eigenvalue weighted by atomic mass is 10.1. The molecule has 1 aliphatic heterocycles. The normalized spacial score (nSPS) is 15.3. The summed E-state index contributed by atoms with van der Waals surface area (Å²) < 4.78 is 0. The molecule has 0 amide bonds. The fraction of sp³-hybridized carbons (Fsp3) is 0.417. The fourth-order valence-electron chi connectivity index (χ4n) is 2.01. The lowest BCUT2D eigenvalue weighted by molar-refractivity contribution is -0.137. The molecule has 0 spiro atoms. The second kappa shape index (κ2) is 4.03. The average Bonchev–Trinajstić information content (AvgIpc) is 2.56. The summed E-state index contributed by atoms with van der Waals surface area (Å²) in [7, 11) is 0. The first-order valence-corrected chi connectivity index (χ1v) is 5.18. The van der Waals surface area contributed by atoms with Crippen LogP contribution in [-0.2, 0) is 17.9 Å². The van der Waals surface area contributed by atoms with Gasteiger partial charge in [0.1, 0.15) is 0 Å². The highest BCUT2D eigenvalue weighted by Gasteiger charge is 2.18. The average molecular weight is 205 g/mol. The Morgan fingerprint density at radius 3 is 2.87 bits per heavy atom. The van der Waals surface area contributed by atoms with E-state index in [0.717, 1.165) is 13.1 Å². The Balaban J connectivity index is 2.00. The van der Waals surface area contributed by atoms with Gasteiger partial charge in [-0.1, -0.05) is 23.8 Å². The van der Waals surface area contributed by atoms with Crippen molar-refractivity contribution in [1.82, 2.24) is 4.90 Å². The Morgan fingerprint density at radius 2 is 2.13 bits per heavy atom. The van der Waals surface area contributed by atoms with E-state index in [4.69, 9.17) is 5.11 Å². The number of hydrogen-bond donors (Lipinski definition) is 1. The molecule has 0 bridgehead atoms. The molecule has 3 heteroatoms. The molecule has 80 valence electrons. The Kier molecular flexibility index (Phi) is 2.73. The Morgan fingerprint density at radius 1 is 1.40 bits per heavy atom. The van der Waals surface area contributed by atoms with E-state index in [2.05, 4.69) is 30.0 Å². The molecule has 1 aliphatic rings. The second-order valence-electron chi connectivity index (χ2n) is 4.13. The second-order valence-corrected chi connectivity index (χ2v) is 4.13. The molecular formula is C12H15NO2. The summed E-state index contributed by atoms with van der Waals surface area (Å²) >= 11 is 0. The minimum atomic E-state index is -0.720. The minimum absolute atomic E-state index is 0.229. The van der Waals surface area contributed by atoms with Gasteiger partial charge in [0.2, 0.25) is 0 Å². The molecule has 0 fully saturated rings. The number of aryl methyl sites for hydroxylation is 1. The van der Waals surface area contributed by atoms with Crippen molar-refractivity contribution in [3.05, 3.63) is 34.9 Å². The van der Waals surface area contributed by atoms with Gasteiger partial charge in [-0.05, 0) is 18.1 Å². The number of carboxylic acid groups (broad SMARTS) is 1. The van der Waals surface area contributed by atoms with Crippen LogP contribution >= 0.6 is 0 Å². The van der Waals surface area contributed by atoms with Crippen molar-refractivity contribution in [2.24, 2.45) is 0 Å². The van der Waals surface area contributed by atoms with Gasteiger partial charge < -0.3 is 5.11 Å². The number of carbonyl (C=O) groups is 1. The first-order chi connectivity index (χ1) is 7.15. The van der Waals surface area contributed by atoms with Crippen molar-refractivity contribution >= 4 is 5.97 Å². The molecule has 0 aliphatic carbocycles. The van der Waals surface area contributed by atoms with Gasteiger partial charge in [0.25, 0.3) is 0 Å². The lowest BCUT2D eigenvalue weighted by Gasteiger charge is -2.12. The van der Waals surface area contributed by atoms with Crippen LogP contribution in [0.1, 0.15) is 23.1 Å². The number of aliphatic carboxylic acids is 1. The monoisotopic (exact) mass is 205 g/mol. The molecule has 0 saturated heterocycles. The summed E-state index contributed by atoms with van der Waals surface area (Å²) in [5, 5.41) is 8.61. The maximum absolute atomic E-state index is 10.5. The van der Waals surface area contributed by atoms with E-state index >= 15 is 0 Å². The summed E-state index contributed by atoms with van der Waals surface area (Å²) in [5.74, 6) is -0.720. The van der Waals surface area contributed by atoms with Gasteiger partial charge in [0, 0.05) is 19.6 Å². The largest absolute Gasteiger partial charge is 0.481 e. The number of fused-ring (bicyclic) bond motifs is 1. The maximum Gasteiger partial charge on any atom is 0.304 e. The zero-order chi connectivity index (χ0) is 10.8. The van der Waals surface area contributed by atoms with Gasteiger partial charge in [-0.15, -0.1) is 0 Å². The first kappa shape index (κ1) is 10.2. The molecule has 1 N–H and O–H groups in total. The Bertz CT molecular complexity index is 387. The van der Waals surface area contributed by atoms with Crippen LogP contribution in [-0.4, -0.2) is 22.5 Å². The molecule has 15 heavy (non-hydrogen) atoms. The van der Waals surface area contributed by atoms with Crippen LogP contribution in [0.3, 0.4) is 0 Å². The third-order valence-electron chi connectivity index (χ3n) is 2.79. The van der Waals surface area contributed by atoms with Gasteiger partial charge in [-0.25, -0.2) is 0 Å². The molecule has 1 heterocycles. The van der Waals surface area contributed by atoms with E-state index in [-0.39, 0.29) is 6.42 Å². The summed E-state index contributed by atoms with van der Waals surface area (Å²) in [6.07, 6.45) is 0.229. The van der Waals surface area contributed by atoms with Gasteiger partial charge in [0.15, 0.2) is 0 Å². The Labute approximate surface area is 89.3 Å². The van der Waals surface area contributed by atoms with Crippen molar-refractivity contribution in [2.75, 3.05) is 6.54 Å². The van der Waals surface area contributed by atoms with Crippen LogP contribution in [0.5, 0.6) is 0 Å². The third-order valence-corrected chi connectivity index (χ3v) is 2.79. The van der Waals surface area contributed by atoms with Crippen molar-refractivity contribution in [3.8, 4) is 0 Å². The van der Waals surface area contributed by atoms with E-state index in [1.165, 1.54) is 16.7 Å². The summed E-state index contributed by atoms with van der Waals surface area (Å²) in [6.45, 7) is 4.51. The predicted molar refractivity (Wildman–Crippen MR) is 57.5 cm³/mol. The topological polar surface area (TPSA) is 40.5 Å². The zero-order valence-corrected chi connectivity index (χ0v) is 8.86. The van der Waals surface area contributed by atoms with Crippen molar-refractivity contribution in [2.45, 2.75) is 26.4 Å². The highest BCUT2D eigenvalue weighted by molar-refractivity contribution is 5.66. The summed E-state index contributed by atoms with van der Waals surface area (Å²) in [4.78, 5) is 12.6. The van der Waals surface area contributed by atoms with Crippen LogP contribution < -0.4 is 0 Å². The Hall–Kier alpha value is -1.35. The van der Waals surface area contributed by atoms with Crippen LogP contribution in [0.2, 0.25) is 0 Å². The molecule has 3 nitrogen and oxygen atoms in total. The number of carboxylic acids is 1. The molecule has 0 radical (unpaired) electrons. The van der Waals surface area contributed by atoms with Gasteiger partial charge in [-0.2, -0.15) is 0 Å². The number of nitrogens with zero attached hydrogens (tertiary/aromatic N) is 1. The quantitative estimate of drug-likeness (QED) is 0.817. The van der Waals surface area contributed by atoms with E-state index in [1.807, 2.05) is 0 Å². The van der Waals surface area contributed by atoms with Gasteiger partial charge in [0.05, 0.1) is 6.42 Å². The SMILES string of the molecule is Cc1ccc2c(c1)CN(CCC(=O)O)C2. The molecule has 1 aromatic rings. The highest BCUT2D eigenvalue weighted by Crippen LogP contribution is 2.23. The van der Waals surface area contributed by atoms with Crippen LogP contribution in [0, 0.1) is 6.92 Å². The first-order valence-electron chi connectivity index (χ1n) is 5.18. The van der Waals surface area contributed by atoms with Crippen LogP contribution in [0.25, 0.3) is 0 Å². The number of benzene rings is 1. The number of rotatable bonds is 3. The summed E-state index contributed by atoms with van der Waals surface area (Å²) in [6, 6.07) is 6.45. The smallest absolute Gasteiger partial charge is 0.304 e. The van der Waals surface area contributed by atoms with E-state index in [9.17, 15) is 4.79 Å². The van der Waals surface area contributed by atoms with Gasteiger partial charge >= 0.3 is 5.97 Å². The van der Waals surface area contributed by atoms with Crippen LogP contribution in [0.15, 0.2) is 18.2 Å². The van der Waals surface area contributed by atoms with Crippen LogP contribution in [0.4, 0.5) is 0 Å². The van der Waals surface area contributed by atoms with E-state index in [0.29, 0.717) is 6.54 Å².